The molecule has 0 bridgehead atoms. The molecule has 1 aromatic carbocycles. The summed E-state index contributed by atoms with van der Waals surface area (Å²) in [6.07, 6.45) is -0.244. The van der Waals surface area contributed by atoms with Gasteiger partial charge in [0.05, 0.1) is 0 Å². The molecule has 1 unspecified atom stereocenters. The number of amides is 1. The highest BCUT2D eigenvalue weighted by Crippen LogP contribution is 2.22. The lowest BCUT2D eigenvalue weighted by Crippen LogP contribution is -2.54. The molecule has 1 aliphatic heterocycles. The molecule has 2 rings (SSSR count). The van der Waals surface area contributed by atoms with E-state index in [9.17, 15) is 4.79 Å². The molecule has 1 fully saturated rings. The number of hydrogen-bond donors (Lipinski definition) is 1. The normalized spacial score (nSPS) is 19.7. The summed E-state index contributed by atoms with van der Waals surface area (Å²) in [6, 6.07) is 5.63. The first-order chi connectivity index (χ1) is 10.7. The third-order valence-electron chi connectivity index (χ3n) is 3.80. The third kappa shape index (κ3) is 5.01. The second-order valence-electron chi connectivity index (χ2n) is 7.11. The molecule has 2 N–H and O–H groups in total. The molecule has 1 saturated heterocycles. The van der Waals surface area contributed by atoms with Crippen LogP contribution in [0.25, 0.3) is 0 Å². The number of piperazine rings is 1. The van der Waals surface area contributed by atoms with E-state index in [0.717, 1.165) is 30.2 Å². The van der Waals surface area contributed by atoms with Gasteiger partial charge in [-0.3, -0.25) is 4.90 Å². The summed E-state index contributed by atoms with van der Waals surface area (Å²) in [5.74, 6) is 0. The second-order valence-corrected chi connectivity index (χ2v) is 7.52. The van der Waals surface area contributed by atoms with E-state index in [1.807, 2.05) is 39.8 Å². The predicted molar refractivity (Wildman–Crippen MR) is 93.5 cm³/mol. The Hall–Kier alpha value is -1.46. The Bertz CT molecular complexity index is 571. The van der Waals surface area contributed by atoms with Crippen molar-refractivity contribution < 1.29 is 9.53 Å². The molecule has 0 aromatic heterocycles. The zero-order valence-electron chi connectivity index (χ0n) is 14.3. The summed E-state index contributed by atoms with van der Waals surface area (Å²) in [5.41, 5.74) is 7.10. The van der Waals surface area contributed by atoms with E-state index in [0.29, 0.717) is 12.2 Å². The molecule has 23 heavy (non-hydrogen) atoms. The Morgan fingerprint density at radius 2 is 2.09 bits per heavy atom. The topological polar surface area (TPSA) is 58.8 Å². The van der Waals surface area contributed by atoms with Crippen LogP contribution >= 0.6 is 11.6 Å². The molecular formula is C17H26ClN3O2. The molecule has 0 radical (unpaired) electrons. The number of ether oxygens (including phenoxy) is 1. The minimum atomic E-state index is -0.469. The minimum absolute atomic E-state index is 0.0958. The van der Waals surface area contributed by atoms with Crippen molar-refractivity contribution in [1.82, 2.24) is 9.80 Å². The molecule has 0 saturated carbocycles. The standard InChI is InChI=1S/C17H26ClN3O2/c1-12-10-20(11-13-9-14(19)5-6-15(13)18)7-8-21(12)16(22)23-17(2,3)4/h5-6,9,12H,7-8,10-11,19H2,1-4H3. The van der Waals surface area contributed by atoms with E-state index in [1.165, 1.54) is 0 Å². The van der Waals surface area contributed by atoms with Crippen LogP contribution in [0.4, 0.5) is 10.5 Å². The molecule has 1 amide bonds. The van der Waals surface area contributed by atoms with Crippen molar-refractivity contribution in [3.05, 3.63) is 28.8 Å². The van der Waals surface area contributed by atoms with Gasteiger partial charge in [0.25, 0.3) is 0 Å². The number of carbonyl (C=O) groups excluding carboxylic acids is 1. The highest BCUT2D eigenvalue weighted by Gasteiger charge is 2.30. The highest BCUT2D eigenvalue weighted by molar-refractivity contribution is 6.31. The van der Waals surface area contributed by atoms with E-state index < -0.39 is 5.60 Å². The maximum atomic E-state index is 12.2. The van der Waals surface area contributed by atoms with E-state index in [-0.39, 0.29) is 12.1 Å². The van der Waals surface area contributed by atoms with Crippen LogP contribution in [0, 0.1) is 0 Å². The summed E-state index contributed by atoms with van der Waals surface area (Å²) >= 11 is 6.24. The lowest BCUT2D eigenvalue weighted by molar-refractivity contribution is 0.000567. The van der Waals surface area contributed by atoms with Crippen molar-refractivity contribution in [3.8, 4) is 0 Å². The first-order valence-corrected chi connectivity index (χ1v) is 8.29. The van der Waals surface area contributed by atoms with E-state index in [4.69, 9.17) is 22.1 Å². The monoisotopic (exact) mass is 339 g/mol. The summed E-state index contributed by atoms with van der Waals surface area (Å²) < 4.78 is 5.47. The summed E-state index contributed by atoms with van der Waals surface area (Å²) in [4.78, 5) is 16.3. The van der Waals surface area contributed by atoms with Gasteiger partial charge >= 0.3 is 6.09 Å². The fraction of sp³-hybridized carbons (Fsp3) is 0.588. The van der Waals surface area contributed by atoms with Crippen LogP contribution in [0.15, 0.2) is 18.2 Å². The molecule has 0 spiro atoms. The van der Waals surface area contributed by atoms with E-state index in [1.54, 1.807) is 11.0 Å². The van der Waals surface area contributed by atoms with Crippen molar-refractivity contribution in [3.63, 3.8) is 0 Å². The van der Waals surface area contributed by atoms with Crippen LogP contribution in [0.2, 0.25) is 5.02 Å². The van der Waals surface area contributed by atoms with Crippen LogP contribution < -0.4 is 5.73 Å². The molecule has 1 aromatic rings. The van der Waals surface area contributed by atoms with Crippen molar-refractivity contribution in [2.75, 3.05) is 25.4 Å². The number of benzene rings is 1. The van der Waals surface area contributed by atoms with Crippen LogP contribution in [0.1, 0.15) is 33.3 Å². The zero-order chi connectivity index (χ0) is 17.2. The fourth-order valence-corrected chi connectivity index (χ4v) is 2.90. The van der Waals surface area contributed by atoms with Crippen LogP contribution in [-0.4, -0.2) is 47.2 Å². The highest BCUT2D eigenvalue weighted by atomic mass is 35.5. The van der Waals surface area contributed by atoms with Gasteiger partial charge in [0.15, 0.2) is 0 Å². The molecular weight excluding hydrogens is 314 g/mol. The smallest absolute Gasteiger partial charge is 0.410 e. The largest absolute Gasteiger partial charge is 0.444 e. The Morgan fingerprint density at radius 3 is 2.70 bits per heavy atom. The molecule has 1 aliphatic rings. The SMILES string of the molecule is CC1CN(Cc2cc(N)ccc2Cl)CCN1C(=O)OC(C)(C)C. The van der Waals surface area contributed by atoms with E-state index >= 15 is 0 Å². The first kappa shape index (κ1) is 17.9. The number of nitrogens with zero attached hydrogens (tertiary/aromatic N) is 2. The number of anilines is 1. The van der Waals surface area contributed by atoms with Gasteiger partial charge in [0, 0.05) is 42.9 Å². The van der Waals surface area contributed by atoms with Gasteiger partial charge in [-0.2, -0.15) is 0 Å². The average molecular weight is 340 g/mol. The van der Waals surface area contributed by atoms with Gasteiger partial charge in [0.1, 0.15) is 5.60 Å². The number of halogens is 1. The van der Waals surface area contributed by atoms with Gasteiger partial charge in [-0.25, -0.2) is 4.79 Å². The molecule has 6 heteroatoms. The van der Waals surface area contributed by atoms with Crippen LogP contribution in [0.3, 0.4) is 0 Å². The lowest BCUT2D eigenvalue weighted by atomic mass is 10.1. The Balaban J connectivity index is 1.96. The molecule has 128 valence electrons. The number of rotatable bonds is 2. The van der Waals surface area contributed by atoms with Gasteiger partial charge in [0.2, 0.25) is 0 Å². The first-order valence-electron chi connectivity index (χ1n) is 7.91. The second kappa shape index (κ2) is 6.97. The summed E-state index contributed by atoms with van der Waals surface area (Å²) in [7, 11) is 0. The van der Waals surface area contributed by atoms with Gasteiger partial charge < -0.3 is 15.4 Å². The maximum Gasteiger partial charge on any atom is 0.410 e. The number of nitrogen functional groups attached to an aromatic ring is 1. The third-order valence-corrected chi connectivity index (χ3v) is 4.17. The molecule has 5 nitrogen and oxygen atoms in total. The Morgan fingerprint density at radius 1 is 1.39 bits per heavy atom. The van der Waals surface area contributed by atoms with Gasteiger partial charge in [-0.1, -0.05) is 11.6 Å². The van der Waals surface area contributed by atoms with Crippen molar-refractivity contribution in [2.24, 2.45) is 0 Å². The van der Waals surface area contributed by atoms with Gasteiger partial charge in [-0.05, 0) is 51.5 Å². The fourth-order valence-electron chi connectivity index (χ4n) is 2.73. The number of hydrogen-bond acceptors (Lipinski definition) is 4. The summed E-state index contributed by atoms with van der Waals surface area (Å²) in [5, 5.41) is 0.724. The van der Waals surface area contributed by atoms with Crippen molar-refractivity contribution in [2.45, 2.75) is 45.9 Å². The zero-order valence-corrected chi connectivity index (χ0v) is 15.1. The van der Waals surface area contributed by atoms with Crippen molar-refractivity contribution in [1.29, 1.82) is 0 Å². The van der Waals surface area contributed by atoms with E-state index in [2.05, 4.69) is 4.90 Å². The Kier molecular flexibility index (Phi) is 5.42. The van der Waals surface area contributed by atoms with Crippen molar-refractivity contribution >= 4 is 23.4 Å². The van der Waals surface area contributed by atoms with Gasteiger partial charge in [-0.15, -0.1) is 0 Å². The lowest BCUT2D eigenvalue weighted by Gasteiger charge is -2.40. The molecule has 1 atom stereocenters. The Labute approximate surface area is 143 Å². The number of carbonyl (C=O) groups is 1. The number of nitrogens with two attached hydrogens (primary N) is 1. The quantitative estimate of drug-likeness (QED) is 0.839. The summed E-state index contributed by atoms with van der Waals surface area (Å²) in [6.45, 7) is 10.6. The van der Waals surface area contributed by atoms with Crippen LogP contribution in [-0.2, 0) is 11.3 Å². The van der Waals surface area contributed by atoms with Crippen LogP contribution in [0.5, 0.6) is 0 Å². The predicted octanol–water partition coefficient (Wildman–Crippen LogP) is 3.36. The minimum Gasteiger partial charge on any atom is -0.444 e. The molecule has 1 heterocycles. The average Bonchev–Trinajstić information content (AvgIpc) is 2.41. The maximum absolute atomic E-state index is 12.2. The molecule has 0 aliphatic carbocycles.